The second-order valence-corrected chi connectivity index (χ2v) is 3.57. The minimum Gasteiger partial charge on any atom is -0.433 e. The van der Waals surface area contributed by atoms with Crippen LogP contribution in [0, 0.1) is 10.1 Å². The number of nitrogens with two attached hydrogens (primary N) is 1. The SMILES string of the molecule is CC(CN)c1nc2cccc([N+](=O)[O-])c2o1. The molecule has 1 aromatic carbocycles. The molecule has 2 N–H and O–H groups in total. The maximum Gasteiger partial charge on any atom is 0.313 e. The number of nitro benzene ring substituents is 1. The minimum absolute atomic E-state index is 0.0491. The molecule has 0 bridgehead atoms. The van der Waals surface area contributed by atoms with Gasteiger partial charge in [0.1, 0.15) is 5.52 Å². The number of benzene rings is 1. The van der Waals surface area contributed by atoms with E-state index in [-0.39, 0.29) is 17.2 Å². The van der Waals surface area contributed by atoms with Crippen molar-refractivity contribution < 1.29 is 9.34 Å². The van der Waals surface area contributed by atoms with E-state index < -0.39 is 4.92 Å². The molecule has 0 spiro atoms. The molecule has 6 heteroatoms. The molecule has 6 nitrogen and oxygen atoms in total. The van der Waals surface area contributed by atoms with Crippen LogP contribution < -0.4 is 5.73 Å². The zero-order valence-electron chi connectivity index (χ0n) is 8.71. The van der Waals surface area contributed by atoms with E-state index in [1.54, 1.807) is 12.1 Å². The average Bonchev–Trinajstić information content (AvgIpc) is 2.70. The largest absolute Gasteiger partial charge is 0.433 e. The molecular weight excluding hydrogens is 210 g/mol. The lowest BCUT2D eigenvalue weighted by molar-refractivity contribution is -0.383. The van der Waals surface area contributed by atoms with Gasteiger partial charge >= 0.3 is 5.69 Å². The molecule has 0 aliphatic rings. The van der Waals surface area contributed by atoms with E-state index in [0.717, 1.165) is 0 Å². The van der Waals surface area contributed by atoms with Crippen molar-refractivity contribution in [3.05, 3.63) is 34.2 Å². The number of nitrogens with zero attached hydrogens (tertiary/aromatic N) is 2. The number of non-ortho nitro benzene ring substituents is 1. The summed E-state index contributed by atoms with van der Waals surface area (Å²) in [4.78, 5) is 14.5. The Labute approximate surface area is 91.2 Å². The molecule has 1 heterocycles. The molecule has 0 saturated heterocycles. The lowest BCUT2D eigenvalue weighted by atomic mass is 10.2. The third kappa shape index (κ3) is 1.63. The average molecular weight is 221 g/mol. The van der Waals surface area contributed by atoms with Gasteiger partial charge in [0.15, 0.2) is 5.89 Å². The molecule has 1 aromatic heterocycles. The quantitative estimate of drug-likeness (QED) is 0.629. The maximum absolute atomic E-state index is 10.8. The highest BCUT2D eigenvalue weighted by Crippen LogP contribution is 2.28. The first-order chi connectivity index (χ1) is 7.63. The summed E-state index contributed by atoms with van der Waals surface area (Å²) < 4.78 is 5.38. The van der Waals surface area contributed by atoms with Gasteiger partial charge in [-0.05, 0) is 6.07 Å². The van der Waals surface area contributed by atoms with E-state index in [9.17, 15) is 10.1 Å². The van der Waals surface area contributed by atoms with E-state index in [2.05, 4.69) is 4.98 Å². The topological polar surface area (TPSA) is 95.2 Å². The third-order valence-corrected chi connectivity index (χ3v) is 2.38. The van der Waals surface area contributed by atoms with Crippen molar-refractivity contribution in [1.82, 2.24) is 4.98 Å². The van der Waals surface area contributed by atoms with Gasteiger partial charge in [0.25, 0.3) is 0 Å². The molecule has 0 amide bonds. The van der Waals surface area contributed by atoms with Gasteiger partial charge in [-0.1, -0.05) is 13.0 Å². The second-order valence-electron chi connectivity index (χ2n) is 3.57. The Balaban J connectivity index is 2.61. The fourth-order valence-corrected chi connectivity index (χ4v) is 1.41. The van der Waals surface area contributed by atoms with Gasteiger partial charge in [-0.2, -0.15) is 0 Å². The maximum atomic E-state index is 10.8. The number of oxazole rings is 1. The summed E-state index contributed by atoms with van der Waals surface area (Å²) in [5.74, 6) is 0.388. The first-order valence-corrected chi connectivity index (χ1v) is 4.87. The molecule has 0 aliphatic heterocycles. The van der Waals surface area contributed by atoms with Crippen molar-refractivity contribution in [1.29, 1.82) is 0 Å². The highest BCUT2D eigenvalue weighted by Gasteiger charge is 2.19. The van der Waals surface area contributed by atoms with Crippen LogP contribution in [0.5, 0.6) is 0 Å². The van der Waals surface area contributed by atoms with Crippen molar-refractivity contribution in [3.63, 3.8) is 0 Å². The summed E-state index contributed by atoms with van der Waals surface area (Å²) in [7, 11) is 0. The molecule has 0 fully saturated rings. The zero-order valence-corrected chi connectivity index (χ0v) is 8.71. The number of nitro groups is 1. The van der Waals surface area contributed by atoms with Gasteiger partial charge in [-0.15, -0.1) is 0 Å². The molecule has 0 aliphatic carbocycles. The number of fused-ring (bicyclic) bond motifs is 1. The normalized spacial score (nSPS) is 12.9. The monoisotopic (exact) mass is 221 g/mol. The van der Waals surface area contributed by atoms with Gasteiger partial charge in [-0.25, -0.2) is 4.98 Å². The molecule has 2 aromatic rings. The molecule has 0 radical (unpaired) electrons. The Hall–Kier alpha value is -1.95. The van der Waals surface area contributed by atoms with Crippen molar-refractivity contribution in [2.45, 2.75) is 12.8 Å². The van der Waals surface area contributed by atoms with E-state index in [0.29, 0.717) is 18.0 Å². The summed E-state index contributed by atoms with van der Waals surface area (Å²) >= 11 is 0. The number of hydrogen-bond donors (Lipinski definition) is 1. The molecule has 16 heavy (non-hydrogen) atoms. The van der Waals surface area contributed by atoms with Crippen molar-refractivity contribution in [2.24, 2.45) is 5.73 Å². The lowest BCUT2D eigenvalue weighted by Gasteiger charge is -1.99. The molecule has 84 valence electrons. The number of hydrogen-bond acceptors (Lipinski definition) is 5. The first-order valence-electron chi connectivity index (χ1n) is 4.87. The van der Waals surface area contributed by atoms with Gasteiger partial charge in [0, 0.05) is 18.5 Å². The van der Waals surface area contributed by atoms with Crippen LogP contribution >= 0.6 is 0 Å². The molecular formula is C10H11N3O3. The Morgan fingerprint density at radius 1 is 1.62 bits per heavy atom. The van der Waals surface area contributed by atoms with Gasteiger partial charge in [0.2, 0.25) is 5.58 Å². The molecule has 1 unspecified atom stereocenters. The van der Waals surface area contributed by atoms with E-state index in [1.807, 2.05) is 6.92 Å². The Morgan fingerprint density at radius 2 is 2.38 bits per heavy atom. The number of aromatic nitrogens is 1. The van der Waals surface area contributed by atoms with Crippen LogP contribution in [0.2, 0.25) is 0 Å². The highest BCUT2D eigenvalue weighted by atomic mass is 16.6. The van der Waals surface area contributed by atoms with Crippen LogP contribution in [0.4, 0.5) is 5.69 Å². The fraction of sp³-hybridized carbons (Fsp3) is 0.300. The van der Waals surface area contributed by atoms with Crippen LogP contribution in [-0.4, -0.2) is 16.5 Å². The van der Waals surface area contributed by atoms with Crippen LogP contribution in [0.15, 0.2) is 22.6 Å². The molecule has 0 saturated carbocycles. The third-order valence-electron chi connectivity index (χ3n) is 2.38. The Morgan fingerprint density at radius 3 is 3.00 bits per heavy atom. The van der Waals surface area contributed by atoms with E-state index in [4.69, 9.17) is 10.2 Å². The standard InChI is InChI=1S/C10H11N3O3/c1-6(5-11)10-12-7-3-2-4-8(13(14)15)9(7)16-10/h2-4,6H,5,11H2,1H3. The highest BCUT2D eigenvalue weighted by molar-refractivity contribution is 5.82. The smallest absolute Gasteiger partial charge is 0.313 e. The molecule has 2 rings (SSSR count). The van der Waals surface area contributed by atoms with Crippen LogP contribution in [0.25, 0.3) is 11.1 Å². The number of para-hydroxylation sites is 1. The predicted octanol–water partition coefficient (Wildman–Crippen LogP) is 1.80. The summed E-state index contributed by atoms with van der Waals surface area (Å²) in [6.07, 6.45) is 0. The Bertz CT molecular complexity index is 535. The fourth-order valence-electron chi connectivity index (χ4n) is 1.41. The second kappa shape index (κ2) is 3.90. The van der Waals surface area contributed by atoms with Crippen LogP contribution in [-0.2, 0) is 0 Å². The van der Waals surface area contributed by atoms with Crippen LogP contribution in [0.3, 0.4) is 0 Å². The summed E-state index contributed by atoms with van der Waals surface area (Å²) in [5.41, 5.74) is 6.12. The van der Waals surface area contributed by atoms with Gasteiger partial charge in [-0.3, -0.25) is 10.1 Å². The van der Waals surface area contributed by atoms with Crippen molar-refractivity contribution in [3.8, 4) is 0 Å². The van der Waals surface area contributed by atoms with Gasteiger partial charge < -0.3 is 10.2 Å². The summed E-state index contributed by atoms with van der Waals surface area (Å²) in [5, 5.41) is 10.8. The van der Waals surface area contributed by atoms with E-state index in [1.165, 1.54) is 6.07 Å². The van der Waals surface area contributed by atoms with E-state index >= 15 is 0 Å². The summed E-state index contributed by atoms with van der Waals surface area (Å²) in [6.45, 7) is 2.25. The Kier molecular flexibility index (Phi) is 2.57. The predicted molar refractivity (Wildman–Crippen MR) is 58.1 cm³/mol. The zero-order chi connectivity index (χ0) is 11.7. The minimum atomic E-state index is -0.482. The van der Waals surface area contributed by atoms with Crippen molar-refractivity contribution in [2.75, 3.05) is 6.54 Å². The number of rotatable bonds is 3. The summed E-state index contributed by atoms with van der Waals surface area (Å²) in [6, 6.07) is 4.66. The first kappa shape index (κ1) is 10.6. The lowest BCUT2D eigenvalue weighted by Crippen LogP contribution is -2.08. The van der Waals surface area contributed by atoms with Crippen LogP contribution in [0.1, 0.15) is 18.7 Å². The van der Waals surface area contributed by atoms with Gasteiger partial charge in [0.05, 0.1) is 4.92 Å². The van der Waals surface area contributed by atoms with Crippen molar-refractivity contribution >= 4 is 16.8 Å². The molecule has 1 atom stereocenters.